The summed E-state index contributed by atoms with van der Waals surface area (Å²) in [6.45, 7) is 6.77. The minimum absolute atomic E-state index is 0.101. The first-order chi connectivity index (χ1) is 14.4. The molecule has 0 radical (unpaired) electrons. The standard InChI is InChI=1S/C23H23F3O5/c1-12(2)31-21-14(4)20(22(28)29)13(3)10-16(21)6-8-18(27)15-7-9-19(30-5)17(11-15)23(24,25)26/h6-12H,1-5H3,(H,28,29). The maximum Gasteiger partial charge on any atom is 0.419 e. The minimum atomic E-state index is -4.68. The third-order valence-electron chi connectivity index (χ3n) is 4.52. The molecule has 0 aliphatic rings. The number of carbonyl (C=O) groups excluding carboxylic acids is 1. The van der Waals surface area contributed by atoms with E-state index in [9.17, 15) is 27.9 Å². The van der Waals surface area contributed by atoms with Crippen LogP contribution in [0.1, 0.15) is 56.8 Å². The van der Waals surface area contributed by atoms with Crippen molar-refractivity contribution in [1.82, 2.24) is 0 Å². The molecule has 31 heavy (non-hydrogen) atoms. The van der Waals surface area contributed by atoms with E-state index in [-0.39, 0.29) is 23.0 Å². The topological polar surface area (TPSA) is 72.8 Å². The molecule has 0 bridgehead atoms. The number of ketones is 1. The Hall–Kier alpha value is -3.29. The number of hydrogen-bond acceptors (Lipinski definition) is 4. The van der Waals surface area contributed by atoms with Gasteiger partial charge in [0.2, 0.25) is 0 Å². The van der Waals surface area contributed by atoms with Gasteiger partial charge in [0, 0.05) is 16.7 Å². The second-order valence-electron chi connectivity index (χ2n) is 7.19. The van der Waals surface area contributed by atoms with E-state index in [2.05, 4.69) is 0 Å². The molecule has 0 aromatic heterocycles. The molecule has 0 saturated heterocycles. The van der Waals surface area contributed by atoms with Crippen LogP contribution in [0.2, 0.25) is 0 Å². The zero-order chi connectivity index (χ0) is 23.5. The van der Waals surface area contributed by atoms with Crippen molar-refractivity contribution >= 4 is 17.8 Å². The van der Waals surface area contributed by atoms with Gasteiger partial charge in [-0.25, -0.2) is 4.79 Å². The SMILES string of the molecule is COc1ccc(C(=O)C=Cc2cc(C)c(C(=O)O)c(C)c2OC(C)C)cc1C(F)(F)F. The molecule has 0 aliphatic heterocycles. The van der Waals surface area contributed by atoms with Gasteiger partial charge in [-0.15, -0.1) is 0 Å². The smallest absolute Gasteiger partial charge is 0.419 e. The normalized spacial score (nSPS) is 11.8. The lowest BCUT2D eigenvalue weighted by Crippen LogP contribution is -2.12. The van der Waals surface area contributed by atoms with E-state index in [1.807, 2.05) is 0 Å². The molecule has 0 unspecified atom stereocenters. The number of benzene rings is 2. The number of halogens is 3. The fraction of sp³-hybridized carbons (Fsp3) is 0.304. The molecular formula is C23H23F3O5. The van der Waals surface area contributed by atoms with Crippen molar-refractivity contribution < 1.29 is 37.3 Å². The summed E-state index contributed by atoms with van der Waals surface area (Å²) in [4.78, 5) is 24.1. The fourth-order valence-corrected chi connectivity index (χ4v) is 3.19. The number of hydrogen-bond donors (Lipinski definition) is 1. The summed E-state index contributed by atoms with van der Waals surface area (Å²) in [5.41, 5.74) is 0.215. The number of aromatic carboxylic acids is 1. The number of aryl methyl sites for hydroxylation is 1. The van der Waals surface area contributed by atoms with Gasteiger partial charge in [-0.3, -0.25) is 4.79 Å². The molecule has 166 valence electrons. The van der Waals surface area contributed by atoms with Crippen LogP contribution in [-0.2, 0) is 6.18 Å². The highest BCUT2D eigenvalue weighted by molar-refractivity contribution is 6.07. The Kier molecular flexibility index (Phi) is 7.15. The number of allylic oxidation sites excluding steroid dienone is 1. The van der Waals surface area contributed by atoms with Gasteiger partial charge in [-0.05, 0) is 69.7 Å². The molecule has 2 aromatic rings. The molecule has 1 N–H and O–H groups in total. The summed E-state index contributed by atoms with van der Waals surface area (Å²) >= 11 is 0. The Morgan fingerprint density at radius 1 is 1.13 bits per heavy atom. The van der Waals surface area contributed by atoms with Gasteiger partial charge in [-0.1, -0.05) is 0 Å². The first-order valence-electron chi connectivity index (χ1n) is 9.38. The van der Waals surface area contributed by atoms with Crippen LogP contribution in [0.4, 0.5) is 13.2 Å². The van der Waals surface area contributed by atoms with Crippen molar-refractivity contribution in [2.45, 2.75) is 40.0 Å². The third kappa shape index (κ3) is 5.45. The average molecular weight is 436 g/mol. The van der Waals surface area contributed by atoms with Gasteiger partial charge >= 0.3 is 12.1 Å². The maximum absolute atomic E-state index is 13.2. The van der Waals surface area contributed by atoms with Crippen LogP contribution in [-0.4, -0.2) is 30.1 Å². The number of methoxy groups -OCH3 is 1. The molecule has 0 saturated carbocycles. The van der Waals surface area contributed by atoms with Crippen molar-refractivity contribution in [2.24, 2.45) is 0 Å². The Bertz CT molecular complexity index is 1040. The molecule has 8 heteroatoms. The number of alkyl halides is 3. The molecule has 0 spiro atoms. The molecule has 2 aromatic carbocycles. The summed E-state index contributed by atoms with van der Waals surface area (Å²) in [5, 5.41) is 9.47. The van der Waals surface area contributed by atoms with E-state index in [1.54, 1.807) is 33.8 Å². The Morgan fingerprint density at radius 2 is 1.77 bits per heavy atom. The van der Waals surface area contributed by atoms with Gasteiger partial charge in [-0.2, -0.15) is 13.2 Å². The lowest BCUT2D eigenvalue weighted by Gasteiger charge is -2.18. The Morgan fingerprint density at radius 3 is 2.29 bits per heavy atom. The van der Waals surface area contributed by atoms with Crippen LogP contribution in [0.25, 0.3) is 6.08 Å². The first kappa shape index (κ1) is 24.0. The number of ether oxygens (including phenoxy) is 2. The summed E-state index contributed by atoms with van der Waals surface area (Å²) < 4.78 is 50.2. The van der Waals surface area contributed by atoms with Crippen LogP contribution in [0, 0.1) is 13.8 Å². The molecule has 0 atom stereocenters. The molecule has 0 heterocycles. The number of carbonyl (C=O) groups is 2. The molecule has 0 aliphatic carbocycles. The zero-order valence-corrected chi connectivity index (χ0v) is 17.8. The molecular weight excluding hydrogens is 413 g/mol. The van der Waals surface area contributed by atoms with E-state index in [0.717, 1.165) is 25.3 Å². The summed E-state index contributed by atoms with van der Waals surface area (Å²) in [5.74, 6) is -1.83. The van der Waals surface area contributed by atoms with Crippen LogP contribution < -0.4 is 9.47 Å². The van der Waals surface area contributed by atoms with E-state index in [1.165, 1.54) is 12.1 Å². The highest BCUT2D eigenvalue weighted by Gasteiger charge is 2.34. The average Bonchev–Trinajstić information content (AvgIpc) is 2.66. The molecule has 5 nitrogen and oxygen atoms in total. The lowest BCUT2D eigenvalue weighted by molar-refractivity contribution is -0.138. The highest BCUT2D eigenvalue weighted by Crippen LogP contribution is 2.37. The third-order valence-corrected chi connectivity index (χ3v) is 4.52. The number of rotatable bonds is 7. The summed E-state index contributed by atoms with van der Waals surface area (Å²) in [6.07, 6.45) is -2.40. The Labute approximate surface area is 178 Å². The highest BCUT2D eigenvalue weighted by atomic mass is 19.4. The summed E-state index contributed by atoms with van der Waals surface area (Å²) in [6, 6.07) is 4.64. The van der Waals surface area contributed by atoms with Crippen molar-refractivity contribution in [2.75, 3.05) is 7.11 Å². The second-order valence-corrected chi connectivity index (χ2v) is 7.19. The van der Waals surface area contributed by atoms with Crippen LogP contribution in [0.15, 0.2) is 30.3 Å². The van der Waals surface area contributed by atoms with Crippen molar-refractivity contribution in [3.8, 4) is 11.5 Å². The van der Waals surface area contributed by atoms with Crippen LogP contribution >= 0.6 is 0 Å². The van der Waals surface area contributed by atoms with Gasteiger partial charge in [0.25, 0.3) is 0 Å². The van der Waals surface area contributed by atoms with Gasteiger partial charge < -0.3 is 14.6 Å². The second kappa shape index (κ2) is 9.24. The first-order valence-corrected chi connectivity index (χ1v) is 9.38. The van der Waals surface area contributed by atoms with Gasteiger partial charge in [0.15, 0.2) is 5.78 Å². The van der Waals surface area contributed by atoms with Gasteiger partial charge in [0.1, 0.15) is 11.5 Å². The van der Waals surface area contributed by atoms with E-state index in [4.69, 9.17) is 9.47 Å². The van der Waals surface area contributed by atoms with Gasteiger partial charge in [0.05, 0.1) is 24.3 Å². The van der Waals surface area contributed by atoms with E-state index < -0.39 is 23.5 Å². The van der Waals surface area contributed by atoms with Crippen LogP contribution in [0.3, 0.4) is 0 Å². The van der Waals surface area contributed by atoms with Crippen molar-refractivity contribution in [3.05, 3.63) is 63.7 Å². The summed E-state index contributed by atoms with van der Waals surface area (Å²) in [7, 11) is 1.12. The van der Waals surface area contributed by atoms with Crippen LogP contribution in [0.5, 0.6) is 11.5 Å². The van der Waals surface area contributed by atoms with Crippen molar-refractivity contribution in [3.63, 3.8) is 0 Å². The number of carboxylic acids is 1. The van der Waals surface area contributed by atoms with E-state index in [0.29, 0.717) is 22.4 Å². The monoisotopic (exact) mass is 436 g/mol. The number of carboxylic acid groups (broad SMARTS) is 1. The minimum Gasteiger partial charge on any atom is -0.496 e. The Balaban J connectivity index is 2.50. The fourth-order valence-electron chi connectivity index (χ4n) is 3.19. The predicted molar refractivity (Wildman–Crippen MR) is 110 cm³/mol. The lowest BCUT2D eigenvalue weighted by atomic mass is 9.96. The zero-order valence-electron chi connectivity index (χ0n) is 17.8. The maximum atomic E-state index is 13.2. The predicted octanol–water partition coefficient (Wildman–Crippen LogP) is 5.71. The van der Waals surface area contributed by atoms with E-state index >= 15 is 0 Å². The van der Waals surface area contributed by atoms with Crippen molar-refractivity contribution in [1.29, 1.82) is 0 Å². The largest absolute Gasteiger partial charge is 0.496 e. The quantitative estimate of drug-likeness (QED) is 0.444. The molecule has 0 fully saturated rings. The molecule has 0 amide bonds. The molecule has 2 rings (SSSR count).